The Morgan fingerprint density at radius 3 is 2.71 bits per heavy atom. The quantitative estimate of drug-likeness (QED) is 0.530. The monoisotopic (exact) mass is 388 g/mol. The van der Waals surface area contributed by atoms with Gasteiger partial charge in [-0.1, -0.05) is 18.2 Å². The number of rotatable bonds is 8. The van der Waals surface area contributed by atoms with Gasteiger partial charge in [0.15, 0.2) is 5.96 Å². The van der Waals surface area contributed by atoms with Crippen LogP contribution in [0.5, 0.6) is 5.75 Å². The van der Waals surface area contributed by atoms with E-state index in [-0.39, 0.29) is 11.6 Å². The molecule has 2 atom stereocenters. The van der Waals surface area contributed by atoms with Crippen LogP contribution in [0.1, 0.15) is 51.1 Å². The first-order valence-corrected chi connectivity index (χ1v) is 10.7. The van der Waals surface area contributed by atoms with Gasteiger partial charge in [0.1, 0.15) is 5.75 Å². The third-order valence-corrected chi connectivity index (χ3v) is 5.76. The Balaban J connectivity index is 1.71. The van der Waals surface area contributed by atoms with Crippen LogP contribution in [0.4, 0.5) is 0 Å². The summed E-state index contributed by atoms with van der Waals surface area (Å²) in [6.45, 7) is 9.69. The Morgan fingerprint density at radius 1 is 1.25 bits per heavy atom. The third kappa shape index (κ3) is 5.39. The smallest absolute Gasteiger partial charge is 0.191 e. The molecular weight excluding hydrogens is 352 g/mol. The lowest BCUT2D eigenvalue weighted by Crippen LogP contribution is -2.43. The van der Waals surface area contributed by atoms with Gasteiger partial charge in [0.2, 0.25) is 0 Å². The van der Waals surface area contributed by atoms with Crippen LogP contribution in [0.25, 0.3) is 0 Å². The van der Waals surface area contributed by atoms with Crippen molar-refractivity contribution in [1.29, 1.82) is 0 Å². The molecule has 2 unspecified atom stereocenters. The van der Waals surface area contributed by atoms with Crippen LogP contribution >= 0.6 is 0 Å². The third-order valence-electron chi connectivity index (χ3n) is 5.76. The summed E-state index contributed by atoms with van der Waals surface area (Å²) in [5.74, 6) is 1.81. The number of para-hydroxylation sites is 1. The van der Waals surface area contributed by atoms with Crippen molar-refractivity contribution in [3.8, 4) is 5.75 Å². The molecule has 0 amide bonds. The first kappa shape index (κ1) is 20.9. The highest BCUT2D eigenvalue weighted by Gasteiger charge is 2.30. The van der Waals surface area contributed by atoms with Crippen molar-refractivity contribution in [2.24, 2.45) is 4.99 Å². The minimum Gasteiger partial charge on any atom is -0.496 e. The summed E-state index contributed by atoms with van der Waals surface area (Å²) in [5, 5.41) is 6.96. The van der Waals surface area contributed by atoms with E-state index in [2.05, 4.69) is 47.6 Å². The number of hydrogen-bond acceptors (Lipinski definition) is 4. The number of nitrogens with one attached hydrogen (secondary N) is 2. The highest BCUT2D eigenvalue weighted by Crippen LogP contribution is 2.31. The second kappa shape index (κ2) is 10.1. The normalized spacial score (nSPS) is 24.3. The van der Waals surface area contributed by atoms with Crippen LogP contribution in [0, 0.1) is 0 Å². The van der Waals surface area contributed by atoms with Gasteiger partial charge in [-0.05, 0) is 58.7 Å². The molecule has 2 heterocycles. The van der Waals surface area contributed by atoms with E-state index in [1.165, 1.54) is 18.4 Å². The zero-order chi connectivity index (χ0) is 19.8. The summed E-state index contributed by atoms with van der Waals surface area (Å²) >= 11 is 0. The average Bonchev–Trinajstić information content (AvgIpc) is 3.39. The number of guanidine groups is 1. The zero-order valence-electron chi connectivity index (χ0n) is 17.7. The highest BCUT2D eigenvalue weighted by molar-refractivity contribution is 5.79. The second-order valence-electron chi connectivity index (χ2n) is 7.98. The van der Waals surface area contributed by atoms with E-state index in [1.807, 2.05) is 6.07 Å². The SMILES string of the molecule is CCNC(=NCC1(C)CCCO1)NCC(c1ccccc1OC)N1CCCC1. The van der Waals surface area contributed by atoms with Crippen molar-refractivity contribution >= 4 is 5.96 Å². The summed E-state index contributed by atoms with van der Waals surface area (Å²) in [5.41, 5.74) is 1.11. The molecule has 0 aromatic heterocycles. The highest BCUT2D eigenvalue weighted by atomic mass is 16.5. The molecule has 2 saturated heterocycles. The van der Waals surface area contributed by atoms with Crippen LogP contribution in [-0.4, -0.2) is 62.9 Å². The molecule has 6 nitrogen and oxygen atoms in total. The fraction of sp³-hybridized carbons (Fsp3) is 0.682. The lowest BCUT2D eigenvalue weighted by molar-refractivity contribution is 0.0283. The van der Waals surface area contributed by atoms with Crippen molar-refractivity contribution < 1.29 is 9.47 Å². The van der Waals surface area contributed by atoms with E-state index in [4.69, 9.17) is 14.5 Å². The second-order valence-corrected chi connectivity index (χ2v) is 7.98. The maximum absolute atomic E-state index is 5.89. The summed E-state index contributed by atoms with van der Waals surface area (Å²) in [6.07, 6.45) is 4.72. The molecule has 2 fully saturated rings. The molecule has 156 valence electrons. The average molecular weight is 389 g/mol. The molecule has 2 aliphatic rings. The largest absolute Gasteiger partial charge is 0.496 e. The van der Waals surface area contributed by atoms with Crippen molar-refractivity contribution in [1.82, 2.24) is 15.5 Å². The fourth-order valence-corrected chi connectivity index (χ4v) is 4.17. The van der Waals surface area contributed by atoms with Crippen molar-refractivity contribution in [3.63, 3.8) is 0 Å². The van der Waals surface area contributed by atoms with Crippen LogP contribution in [-0.2, 0) is 4.74 Å². The Hall–Kier alpha value is -1.79. The van der Waals surface area contributed by atoms with Crippen molar-refractivity contribution in [2.75, 3.05) is 46.4 Å². The molecule has 0 saturated carbocycles. The summed E-state index contributed by atoms with van der Waals surface area (Å²) < 4.78 is 11.5. The molecule has 2 N–H and O–H groups in total. The molecule has 0 radical (unpaired) electrons. The van der Waals surface area contributed by atoms with Crippen LogP contribution in [0.3, 0.4) is 0 Å². The van der Waals surface area contributed by atoms with Crippen LogP contribution < -0.4 is 15.4 Å². The maximum Gasteiger partial charge on any atom is 0.191 e. The summed E-state index contributed by atoms with van der Waals surface area (Å²) in [7, 11) is 1.75. The van der Waals surface area contributed by atoms with Crippen LogP contribution in [0.15, 0.2) is 29.3 Å². The first-order valence-electron chi connectivity index (χ1n) is 10.7. The van der Waals surface area contributed by atoms with E-state index >= 15 is 0 Å². The molecule has 3 rings (SSSR count). The van der Waals surface area contributed by atoms with Crippen molar-refractivity contribution in [3.05, 3.63) is 29.8 Å². The Bertz CT molecular complexity index is 637. The van der Waals surface area contributed by atoms with E-state index in [0.717, 1.165) is 57.3 Å². The molecule has 1 aromatic carbocycles. The van der Waals surface area contributed by atoms with E-state index in [1.54, 1.807) is 7.11 Å². The number of aliphatic imine (C=N–C) groups is 1. The van der Waals surface area contributed by atoms with Gasteiger partial charge in [-0.3, -0.25) is 9.89 Å². The van der Waals surface area contributed by atoms with E-state index in [9.17, 15) is 0 Å². The number of methoxy groups -OCH3 is 1. The standard InChI is InChI=1S/C22H36N4O2/c1-4-23-21(25-17-22(2)12-9-15-28-22)24-16-19(26-13-7-8-14-26)18-10-5-6-11-20(18)27-3/h5-6,10-11,19H,4,7-9,12-17H2,1-3H3,(H2,23,24,25). The number of benzene rings is 1. The molecule has 1 aromatic rings. The Labute approximate surface area is 169 Å². The molecule has 0 bridgehead atoms. The van der Waals surface area contributed by atoms with Gasteiger partial charge in [-0.2, -0.15) is 0 Å². The minimum absolute atomic E-state index is 0.126. The minimum atomic E-state index is -0.126. The molecule has 2 aliphatic heterocycles. The van der Waals surface area contributed by atoms with Gasteiger partial charge < -0.3 is 20.1 Å². The summed E-state index contributed by atoms with van der Waals surface area (Å²) in [6, 6.07) is 8.63. The topological polar surface area (TPSA) is 58.1 Å². The molecule has 6 heteroatoms. The van der Waals surface area contributed by atoms with Gasteiger partial charge >= 0.3 is 0 Å². The Morgan fingerprint density at radius 2 is 2.04 bits per heavy atom. The fourth-order valence-electron chi connectivity index (χ4n) is 4.17. The zero-order valence-corrected chi connectivity index (χ0v) is 17.7. The lowest BCUT2D eigenvalue weighted by Gasteiger charge is -2.30. The lowest BCUT2D eigenvalue weighted by atomic mass is 10.0. The molecule has 0 spiro atoms. The van der Waals surface area contributed by atoms with E-state index in [0.29, 0.717) is 6.54 Å². The summed E-state index contributed by atoms with van der Waals surface area (Å²) in [4.78, 5) is 7.37. The van der Waals surface area contributed by atoms with Crippen LogP contribution in [0.2, 0.25) is 0 Å². The van der Waals surface area contributed by atoms with Gasteiger partial charge in [-0.25, -0.2) is 0 Å². The van der Waals surface area contributed by atoms with Gasteiger partial charge in [0.05, 0.1) is 25.3 Å². The predicted octanol–water partition coefficient (Wildman–Crippen LogP) is 2.96. The van der Waals surface area contributed by atoms with Gasteiger partial charge in [0.25, 0.3) is 0 Å². The van der Waals surface area contributed by atoms with E-state index < -0.39 is 0 Å². The number of nitrogens with zero attached hydrogens (tertiary/aromatic N) is 2. The molecule has 28 heavy (non-hydrogen) atoms. The maximum atomic E-state index is 5.89. The first-order chi connectivity index (χ1) is 13.6. The van der Waals surface area contributed by atoms with Crippen molar-refractivity contribution in [2.45, 2.75) is 51.2 Å². The Kier molecular flexibility index (Phi) is 7.57. The van der Waals surface area contributed by atoms with Gasteiger partial charge in [0, 0.05) is 25.3 Å². The molecular formula is C22H36N4O2. The number of ether oxygens (including phenoxy) is 2. The number of hydrogen-bond donors (Lipinski definition) is 2. The number of likely N-dealkylation sites (tertiary alicyclic amines) is 1. The molecule has 0 aliphatic carbocycles. The van der Waals surface area contributed by atoms with Gasteiger partial charge in [-0.15, -0.1) is 0 Å². The predicted molar refractivity (Wildman–Crippen MR) is 114 cm³/mol.